The molecule has 1 aromatic carbocycles. The standard InChI is InChI=1S/C23H28N4O4S2/c1-14-5-6-18(15(2)13-14)33(30,31)27-11-9-26(10-12-27)20(28)8-7-19-24-22(29)21-16(3)17(4)32-23(21)25-19/h5-6,13H,7-12H2,1-4H3,(H,24,25,29). The van der Waals surface area contributed by atoms with Crippen LogP contribution in [0.25, 0.3) is 10.2 Å². The molecule has 3 heterocycles. The van der Waals surface area contributed by atoms with Gasteiger partial charge in [0.15, 0.2) is 0 Å². The first-order valence-corrected chi connectivity index (χ1v) is 13.2. The topological polar surface area (TPSA) is 103 Å². The second-order valence-electron chi connectivity index (χ2n) is 8.53. The van der Waals surface area contributed by atoms with E-state index >= 15 is 0 Å². The Kier molecular flexibility index (Phi) is 6.43. The van der Waals surface area contributed by atoms with Crippen LogP contribution in [0.1, 0.15) is 33.8 Å². The Bertz CT molecular complexity index is 1380. The number of amides is 1. The smallest absolute Gasteiger partial charge is 0.259 e. The lowest BCUT2D eigenvalue weighted by Gasteiger charge is -2.34. The lowest BCUT2D eigenvalue weighted by Crippen LogP contribution is -2.50. The Balaban J connectivity index is 1.38. The van der Waals surface area contributed by atoms with Crippen LogP contribution < -0.4 is 5.56 Å². The van der Waals surface area contributed by atoms with E-state index in [0.29, 0.717) is 40.4 Å². The molecular weight excluding hydrogens is 460 g/mol. The van der Waals surface area contributed by atoms with Crippen molar-refractivity contribution in [1.82, 2.24) is 19.2 Å². The maximum atomic E-state index is 13.1. The largest absolute Gasteiger partial charge is 0.340 e. The summed E-state index contributed by atoms with van der Waals surface area (Å²) in [4.78, 5) is 36.2. The number of fused-ring (bicyclic) bond motifs is 1. The van der Waals surface area contributed by atoms with Gasteiger partial charge in [0.1, 0.15) is 10.7 Å². The van der Waals surface area contributed by atoms with E-state index < -0.39 is 10.0 Å². The van der Waals surface area contributed by atoms with Crippen LogP contribution in [0.4, 0.5) is 0 Å². The van der Waals surface area contributed by atoms with E-state index in [1.807, 2.05) is 26.8 Å². The monoisotopic (exact) mass is 488 g/mol. The molecule has 1 aliphatic rings. The van der Waals surface area contributed by atoms with E-state index in [9.17, 15) is 18.0 Å². The van der Waals surface area contributed by atoms with Gasteiger partial charge in [-0.1, -0.05) is 17.7 Å². The van der Waals surface area contributed by atoms with E-state index in [4.69, 9.17) is 0 Å². The van der Waals surface area contributed by atoms with Gasteiger partial charge in [0.25, 0.3) is 5.56 Å². The molecule has 33 heavy (non-hydrogen) atoms. The number of rotatable bonds is 5. The number of nitrogens with zero attached hydrogens (tertiary/aromatic N) is 3. The first-order valence-electron chi connectivity index (χ1n) is 10.9. The summed E-state index contributed by atoms with van der Waals surface area (Å²) in [6.07, 6.45) is 0.544. The van der Waals surface area contributed by atoms with Crippen molar-refractivity contribution in [2.45, 2.75) is 45.4 Å². The van der Waals surface area contributed by atoms with Crippen molar-refractivity contribution in [2.24, 2.45) is 0 Å². The molecule has 176 valence electrons. The number of H-pyrrole nitrogens is 1. The minimum atomic E-state index is -3.59. The highest BCUT2D eigenvalue weighted by atomic mass is 32.2. The number of piperazine rings is 1. The normalized spacial score (nSPS) is 15.3. The molecular formula is C23H28N4O4S2. The second kappa shape index (κ2) is 9.00. The van der Waals surface area contributed by atoms with Crippen LogP contribution in [0.2, 0.25) is 0 Å². The molecule has 1 aliphatic heterocycles. The van der Waals surface area contributed by atoms with E-state index in [0.717, 1.165) is 21.6 Å². The highest BCUT2D eigenvalue weighted by Crippen LogP contribution is 2.26. The molecule has 8 nitrogen and oxygen atoms in total. The molecule has 10 heteroatoms. The molecule has 1 fully saturated rings. The van der Waals surface area contributed by atoms with Gasteiger partial charge >= 0.3 is 0 Å². The third kappa shape index (κ3) is 4.60. The molecule has 1 saturated heterocycles. The van der Waals surface area contributed by atoms with Crippen molar-refractivity contribution in [3.63, 3.8) is 0 Å². The van der Waals surface area contributed by atoms with Crippen molar-refractivity contribution < 1.29 is 13.2 Å². The summed E-state index contributed by atoms with van der Waals surface area (Å²) in [6.45, 7) is 8.81. The second-order valence-corrected chi connectivity index (χ2v) is 11.6. The Morgan fingerprint density at radius 2 is 1.82 bits per heavy atom. The number of carbonyl (C=O) groups excluding carboxylic acids is 1. The average Bonchev–Trinajstić information content (AvgIpc) is 3.05. The SMILES string of the molecule is Cc1ccc(S(=O)(=O)N2CCN(C(=O)CCc3nc4sc(C)c(C)c4c(=O)[nH]3)CC2)c(C)c1. The Labute approximate surface area is 197 Å². The molecule has 0 unspecified atom stereocenters. The molecule has 2 aromatic heterocycles. The van der Waals surface area contributed by atoms with Crippen LogP contribution in [0.5, 0.6) is 0 Å². The summed E-state index contributed by atoms with van der Waals surface area (Å²) >= 11 is 1.48. The van der Waals surface area contributed by atoms with Gasteiger partial charge in [-0.15, -0.1) is 11.3 Å². The van der Waals surface area contributed by atoms with Crippen LogP contribution in [0.15, 0.2) is 27.9 Å². The summed E-state index contributed by atoms with van der Waals surface area (Å²) < 4.78 is 27.6. The zero-order valence-corrected chi connectivity index (χ0v) is 20.9. The highest BCUT2D eigenvalue weighted by Gasteiger charge is 2.31. The third-order valence-electron chi connectivity index (χ3n) is 6.20. The third-order valence-corrected chi connectivity index (χ3v) is 9.36. The predicted molar refractivity (Wildman–Crippen MR) is 129 cm³/mol. The fraction of sp³-hybridized carbons (Fsp3) is 0.435. The molecule has 4 rings (SSSR count). The first-order chi connectivity index (χ1) is 15.6. The number of hydrogen-bond donors (Lipinski definition) is 1. The van der Waals surface area contributed by atoms with E-state index in [-0.39, 0.29) is 31.0 Å². The summed E-state index contributed by atoms with van der Waals surface area (Å²) in [5.41, 5.74) is 2.51. The van der Waals surface area contributed by atoms with Gasteiger partial charge in [0.2, 0.25) is 15.9 Å². The average molecular weight is 489 g/mol. The summed E-state index contributed by atoms with van der Waals surface area (Å²) in [7, 11) is -3.59. The molecule has 1 N–H and O–H groups in total. The van der Waals surface area contributed by atoms with Gasteiger partial charge in [-0.25, -0.2) is 13.4 Å². The van der Waals surface area contributed by atoms with Gasteiger partial charge in [-0.05, 0) is 44.9 Å². The Morgan fingerprint density at radius 3 is 2.48 bits per heavy atom. The highest BCUT2D eigenvalue weighted by molar-refractivity contribution is 7.89. The van der Waals surface area contributed by atoms with Crippen LogP contribution in [-0.2, 0) is 21.2 Å². The number of benzene rings is 1. The van der Waals surface area contributed by atoms with Crippen LogP contribution >= 0.6 is 11.3 Å². The fourth-order valence-corrected chi connectivity index (χ4v) is 6.88. The lowest BCUT2D eigenvalue weighted by molar-refractivity contribution is -0.132. The molecule has 0 aliphatic carbocycles. The predicted octanol–water partition coefficient (Wildman–Crippen LogP) is 2.68. The number of aryl methyl sites for hydroxylation is 5. The Morgan fingerprint density at radius 1 is 1.12 bits per heavy atom. The van der Waals surface area contributed by atoms with Crippen LogP contribution in [-0.4, -0.2) is 59.7 Å². The van der Waals surface area contributed by atoms with Gasteiger partial charge in [0, 0.05) is 43.9 Å². The zero-order valence-electron chi connectivity index (χ0n) is 19.3. The molecule has 0 spiro atoms. The first kappa shape index (κ1) is 23.6. The number of aromatic amines is 1. The van der Waals surface area contributed by atoms with Crippen molar-refractivity contribution in [3.05, 3.63) is 55.9 Å². The summed E-state index contributed by atoms with van der Waals surface area (Å²) in [5, 5.41) is 0.619. The van der Waals surface area contributed by atoms with Gasteiger partial charge in [0.05, 0.1) is 10.3 Å². The quantitative estimate of drug-likeness (QED) is 0.595. The number of aromatic nitrogens is 2. The van der Waals surface area contributed by atoms with Gasteiger partial charge < -0.3 is 9.88 Å². The number of nitrogens with one attached hydrogen (secondary N) is 1. The Hall–Kier alpha value is -2.56. The maximum absolute atomic E-state index is 13.1. The molecule has 0 bridgehead atoms. The van der Waals surface area contributed by atoms with E-state index in [1.165, 1.54) is 15.6 Å². The number of sulfonamides is 1. The molecule has 0 radical (unpaired) electrons. The number of hydrogen-bond acceptors (Lipinski definition) is 6. The summed E-state index contributed by atoms with van der Waals surface area (Å²) in [5.74, 6) is 0.429. The van der Waals surface area contributed by atoms with Crippen LogP contribution in [0.3, 0.4) is 0 Å². The van der Waals surface area contributed by atoms with E-state index in [2.05, 4.69) is 9.97 Å². The van der Waals surface area contributed by atoms with Gasteiger partial charge in [-0.3, -0.25) is 9.59 Å². The zero-order chi connectivity index (χ0) is 23.9. The fourth-order valence-electron chi connectivity index (χ4n) is 4.21. The molecule has 1 amide bonds. The summed E-state index contributed by atoms with van der Waals surface area (Å²) in [6, 6.07) is 5.31. The van der Waals surface area contributed by atoms with E-state index in [1.54, 1.807) is 24.0 Å². The van der Waals surface area contributed by atoms with Crippen LogP contribution in [0, 0.1) is 27.7 Å². The van der Waals surface area contributed by atoms with Crippen molar-refractivity contribution >= 4 is 37.5 Å². The molecule has 0 saturated carbocycles. The van der Waals surface area contributed by atoms with Crippen molar-refractivity contribution in [1.29, 1.82) is 0 Å². The minimum absolute atomic E-state index is 0.0696. The van der Waals surface area contributed by atoms with Crippen molar-refractivity contribution in [2.75, 3.05) is 26.2 Å². The molecule has 0 atom stereocenters. The lowest BCUT2D eigenvalue weighted by atomic mass is 10.2. The molecule has 3 aromatic rings. The number of thiophene rings is 1. The van der Waals surface area contributed by atoms with Crippen molar-refractivity contribution in [3.8, 4) is 0 Å². The van der Waals surface area contributed by atoms with Gasteiger partial charge in [-0.2, -0.15) is 4.31 Å². The maximum Gasteiger partial charge on any atom is 0.259 e. The number of carbonyl (C=O) groups is 1. The minimum Gasteiger partial charge on any atom is -0.340 e.